The second kappa shape index (κ2) is 8.99. The number of hydrogen-bond acceptors (Lipinski definition) is 7. The van der Waals surface area contributed by atoms with E-state index >= 15 is 0 Å². The van der Waals surface area contributed by atoms with Gasteiger partial charge in [0, 0.05) is 30.4 Å². The summed E-state index contributed by atoms with van der Waals surface area (Å²) in [6.07, 6.45) is 6.77. The van der Waals surface area contributed by atoms with Crippen LogP contribution in [0, 0.1) is 5.82 Å². The number of nitrogens with one attached hydrogen (secondary N) is 2. The van der Waals surface area contributed by atoms with E-state index in [1.54, 1.807) is 35.1 Å². The summed E-state index contributed by atoms with van der Waals surface area (Å²) in [7, 11) is 1.49. The topological polar surface area (TPSA) is 98.4 Å². The molecule has 2 N–H and O–H groups in total. The van der Waals surface area contributed by atoms with Crippen molar-refractivity contribution >= 4 is 17.2 Å². The van der Waals surface area contributed by atoms with Crippen LogP contribution < -0.4 is 15.4 Å². The number of Topliss-reactive ketones (excluding diaryl/α,β-unsaturated/α-hetero) is 1. The summed E-state index contributed by atoms with van der Waals surface area (Å²) in [6, 6.07) is 8.28. The molecule has 0 amide bonds. The minimum absolute atomic E-state index is 0.00689. The first-order valence-electron chi connectivity index (χ1n) is 10.8. The van der Waals surface area contributed by atoms with E-state index in [-0.39, 0.29) is 23.9 Å². The molecular weight excluding hydrogens is 425 g/mol. The van der Waals surface area contributed by atoms with E-state index in [0.717, 1.165) is 31.6 Å². The lowest BCUT2D eigenvalue weighted by Crippen LogP contribution is -2.26. The van der Waals surface area contributed by atoms with Gasteiger partial charge in [0.25, 0.3) is 0 Å². The molecule has 1 aromatic carbocycles. The number of rotatable bonds is 7. The van der Waals surface area contributed by atoms with Crippen molar-refractivity contribution in [3.05, 3.63) is 66.0 Å². The maximum absolute atomic E-state index is 14.9. The lowest BCUT2D eigenvalue weighted by molar-refractivity contribution is 0.101. The summed E-state index contributed by atoms with van der Waals surface area (Å²) in [6.45, 7) is 1.82. The van der Waals surface area contributed by atoms with Gasteiger partial charge in [-0.05, 0) is 44.1 Å². The van der Waals surface area contributed by atoms with Gasteiger partial charge in [-0.15, -0.1) is 0 Å². The number of ketones is 1. The molecule has 0 spiro atoms. The first-order chi connectivity index (χ1) is 16.1. The van der Waals surface area contributed by atoms with Crippen molar-refractivity contribution in [2.45, 2.75) is 18.8 Å². The van der Waals surface area contributed by atoms with Crippen molar-refractivity contribution in [3.63, 3.8) is 0 Å². The zero-order valence-corrected chi connectivity index (χ0v) is 18.2. The highest BCUT2D eigenvalue weighted by Gasteiger charge is 2.22. The molecule has 5 rings (SSSR count). The number of anilines is 1. The summed E-state index contributed by atoms with van der Waals surface area (Å²) in [5.74, 6) is 0.608. The molecule has 10 heteroatoms. The van der Waals surface area contributed by atoms with E-state index in [2.05, 4.69) is 20.7 Å². The summed E-state index contributed by atoms with van der Waals surface area (Å²) in [4.78, 5) is 17.2. The number of nitrogens with zero attached hydrogens (tertiary/aromatic N) is 5. The SMILES string of the molecule is COc1ccc(-n2nc(C3CCNCC3)cc2NCC(=O)c2cnn3cccnc23)c(F)c1. The standard InChI is InChI=1S/C23H24FN7O2/c1-33-16-3-4-20(18(24)11-16)31-22(12-19(29-31)15-5-8-25-9-6-15)27-14-21(32)17-13-28-30-10-2-7-26-23(17)30/h2-4,7,10-13,15,25,27H,5-6,8-9,14H2,1H3. The first kappa shape index (κ1) is 21.1. The van der Waals surface area contributed by atoms with Crippen molar-refractivity contribution < 1.29 is 13.9 Å². The molecule has 1 fully saturated rings. The van der Waals surface area contributed by atoms with Gasteiger partial charge in [-0.1, -0.05) is 0 Å². The Morgan fingerprint density at radius 1 is 1.30 bits per heavy atom. The van der Waals surface area contributed by atoms with Gasteiger partial charge in [-0.2, -0.15) is 10.2 Å². The molecule has 0 radical (unpaired) electrons. The number of carbonyl (C=O) groups excluding carboxylic acids is 1. The third-order valence-electron chi connectivity index (χ3n) is 5.88. The zero-order valence-electron chi connectivity index (χ0n) is 18.2. The summed E-state index contributed by atoms with van der Waals surface area (Å²) >= 11 is 0. The molecule has 9 nitrogen and oxygen atoms in total. The number of benzene rings is 1. The molecule has 0 unspecified atom stereocenters. The van der Waals surface area contributed by atoms with Gasteiger partial charge in [-0.25, -0.2) is 18.6 Å². The van der Waals surface area contributed by atoms with E-state index < -0.39 is 5.82 Å². The molecule has 4 aromatic rings. The second-order valence-electron chi connectivity index (χ2n) is 7.93. The van der Waals surface area contributed by atoms with Crippen molar-refractivity contribution in [3.8, 4) is 11.4 Å². The number of fused-ring (bicyclic) bond motifs is 1. The fourth-order valence-electron chi connectivity index (χ4n) is 4.10. The predicted octanol–water partition coefficient (Wildman–Crippen LogP) is 2.82. The fraction of sp³-hybridized carbons (Fsp3) is 0.304. The van der Waals surface area contributed by atoms with Gasteiger partial charge >= 0.3 is 0 Å². The van der Waals surface area contributed by atoms with Crippen molar-refractivity contribution in [1.82, 2.24) is 29.7 Å². The van der Waals surface area contributed by atoms with E-state index in [1.165, 1.54) is 24.1 Å². The van der Waals surface area contributed by atoms with Crippen molar-refractivity contribution in [1.29, 1.82) is 0 Å². The van der Waals surface area contributed by atoms with Crippen molar-refractivity contribution in [2.24, 2.45) is 0 Å². The van der Waals surface area contributed by atoms with Crippen LogP contribution in [0.4, 0.5) is 10.2 Å². The highest BCUT2D eigenvalue weighted by atomic mass is 19.1. The Morgan fingerprint density at radius 2 is 2.15 bits per heavy atom. The number of piperidine rings is 1. The average Bonchev–Trinajstić information content (AvgIpc) is 3.48. The molecule has 0 bridgehead atoms. The van der Waals surface area contributed by atoms with Gasteiger partial charge in [0.05, 0.1) is 31.1 Å². The van der Waals surface area contributed by atoms with E-state index in [9.17, 15) is 9.18 Å². The molecular formula is C23H24FN7O2. The number of hydrogen-bond donors (Lipinski definition) is 2. The van der Waals surface area contributed by atoms with Crippen LogP contribution in [0.15, 0.2) is 48.9 Å². The third-order valence-corrected chi connectivity index (χ3v) is 5.88. The Bertz CT molecular complexity index is 1290. The van der Waals surface area contributed by atoms with Gasteiger partial charge in [-0.3, -0.25) is 4.79 Å². The smallest absolute Gasteiger partial charge is 0.187 e. The van der Waals surface area contributed by atoms with E-state index in [0.29, 0.717) is 22.8 Å². The number of methoxy groups -OCH3 is 1. The Morgan fingerprint density at radius 3 is 2.94 bits per heavy atom. The van der Waals surface area contributed by atoms with Crippen LogP contribution in [0.25, 0.3) is 11.3 Å². The highest BCUT2D eigenvalue weighted by Crippen LogP contribution is 2.29. The lowest BCUT2D eigenvalue weighted by Gasteiger charge is -2.20. The lowest BCUT2D eigenvalue weighted by atomic mass is 9.95. The maximum atomic E-state index is 14.9. The van der Waals surface area contributed by atoms with Crippen LogP contribution >= 0.6 is 0 Å². The number of halogens is 1. The van der Waals surface area contributed by atoms with Crippen LogP contribution in [-0.2, 0) is 0 Å². The summed E-state index contributed by atoms with van der Waals surface area (Å²) in [5.41, 5.74) is 2.07. The van der Waals surface area contributed by atoms with Crippen LogP contribution in [0.2, 0.25) is 0 Å². The molecule has 0 aliphatic carbocycles. The molecule has 0 atom stereocenters. The first-order valence-corrected chi connectivity index (χ1v) is 10.8. The van der Waals surface area contributed by atoms with Gasteiger partial charge in [0.15, 0.2) is 17.2 Å². The number of aromatic nitrogens is 5. The second-order valence-corrected chi connectivity index (χ2v) is 7.93. The van der Waals surface area contributed by atoms with Crippen molar-refractivity contribution in [2.75, 3.05) is 32.1 Å². The highest BCUT2D eigenvalue weighted by molar-refractivity contribution is 6.03. The van der Waals surface area contributed by atoms with Gasteiger partial charge in [0.1, 0.15) is 17.3 Å². The zero-order chi connectivity index (χ0) is 22.8. The monoisotopic (exact) mass is 449 g/mol. The summed E-state index contributed by atoms with van der Waals surface area (Å²) < 4.78 is 23.1. The largest absolute Gasteiger partial charge is 0.497 e. The van der Waals surface area contributed by atoms with E-state index in [1.807, 2.05) is 6.07 Å². The molecule has 0 saturated carbocycles. The molecule has 4 heterocycles. The third kappa shape index (κ3) is 4.17. The Balaban J connectivity index is 1.45. The molecule has 170 valence electrons. The minimum atomic E-state index is -0.462. The van der Waals surface area contributed by atoms with Gasteiger partial charge in [0.2, 0.25) is 0 Å². The Kier molecular flexibility index (Phi) is 5.74. The quantitative estimate of drug-likeness (QED) is 0.419. The Hall–Kier alpha value is -3.79. The molecule has 1 aliphatic rings. The van der Waals surface area contributed by atoms with Crippen LogP contribution in [0.3, 0.4) is 0 Å². The van der Waals surface area contributed by atoms with Crippen LogP contribution in [0.1, 0.15) is 34.8 Å². The molecule has 33 heavy (non-hydrogen) atoms. The fourth-order valence-corrected chi connectivity index (χ4v) is 4.10. The normalized spacial score (nSPS) is 14.5. The van der Waals surface area contributed by atoms with Gasteiger partial charge < -0.3 is 15.4 Å². The number of ether oxygens (including phenoxy) is 1. The molecule has 1 saturated heterocycles. The number of carbonyl (C=O) groups is 1. The Labute approximate surface area is 189 Å². The van der Waals surface area contributed by atoms with Crippen LogP contribution in [-0.4, -0.2) is 56.9 Å². The average molecular weight is 449 g/mol. The minimum Gasteiger partial charge on any atom is -0.497 e. The molecule has 3 aromatic heterocycles. The molecule has 1 aliphatic heterocycles. The maximum Gasteiger partial charge on any atom is 0.187 e. The van der Waals surface area contributed by atoms with E-state index in [4.69, 9.17) is 9.84 Å². The predicted molar refractivity (Wildman–Crippen MR) is 121 cm³/mol. The van der Waals surface area contributed by atoms with Crippen LogP contribution in [0.5, 0.6) is 5.75 Å². The summed E-state index contributed by atoms with van der Waals surface area (Å²) in [5, 5.41) is 15.4.